The smallest absolute Gasteiger partial charge is 0.129 e. The van der Waals surface area contributed by atoms with Crippen molar-refractivity contribution >= 4 is 0 Å². The van der Waals surface area contributed by atoms with E-state index in [9.17, 15) is 8.78 Å². The van der Waals surface area contributed by atoms with Gasteiger partial charge in [0, 0.05) is 6.07 Å². The molecule has 0 amide bonds. The summed E-state index contributed by atoms with van der Waals surface area (Å²) in [5.74, 6) is -0.864. The maximum atomic E-state index is 13.7. The lowest BCUT2D eigenvalue weighted by Crippen LogP contribution is -2.17. The third kappa shape index (κ3) is 2.55. The zero-order valence-corrected chi connectivity index (χ0v) is 9.99. The van der Waals surface area contributed by atoms with Gasteiger partial charge < -0.3 is 0 Å². The normalized spacial score (nSPS) is 12.3. The van der Waals surface area contributed by atoms with E-state index in [1.54, 1.807) is 0 Å². The van der Waals surface area contributed by atoms with E-state index in [2.05, 4.69) is 0 Å². The maximum absolute atomic E-state index is 13.7. The van der Waals surface area contributed by atoms with Gasteiger partial charge in [0.2, 0.25) is 0 Å². The average molecular weight is 212 g/mol. The highest BCUT2D eigenvalue weighted by molar-refractivity contribution is 5.36. The molecule has 1 rings (SSSR count). The van der Waals surface area contributed by atoms with Crippen LogP contribution in [-0.4, -0.2) is 0 Å². The lowest BCUT2D eigenvalue weighted by Gasteiger charge is -2.25. The van der Waals surface area contributed by atoms with Gasteiger partial charge >= 0.3 is 0 Å². The molecule has 0 aromatic heterocycles. The molecular weight excluding hydrogens is 194 g/mol. The largest absolute Gasteiger partial charge is 0.207 e. The molecule has 0 aliphatic heterocycles. The number of benzene rings is 1. The number of hydrogen-bond donors (Lipinski definition) is 0. The molecule has 0 aliphatic carbocycles. The molecule has 0 aliphatic rings. The van der Waals surface area contributed by atoms with Crippen LogP contribution in [0.4, 0.5) is 8.78 Å². The minimum absolute atomic E-state index is 0.0693. The molecule has 0 saturated carbocycles. The van der Waals surface area contributed by atoms with Crippen LogP contribution in [0.2, 0.25) is 0 Å². The van der Waals surface area contributed by atoms with Crippen LogP contribution >= 0.6 is 0 Å². The fraction of sp³-hybridized carbons (Fsp3) is 0.538. The maximum Gasteiger partial charge on any atom is 0.129 e. The van der Waals surface area contributed by atoms with Crippen LogP contribution in [0.1, 0.15) is 51.7 Å². The summed E-state index contributed by atoms with van der Waals surface area (Å²) in [7, 11) is 0. The molecule has 0 fully saturated rings. The predicted molar refractivity (Wildman–Crippen MR) is 59.1 cm³/mol. The van der Waals surface area contributed by atoms with Gasteiger partial charge in [0.25, 0.3) is 0 Å². The van der Waals surface area contributed by atoms with Gasteiger partial charge in [0.05, 0.1) is 0 Å². The Balaban J connectivity index is 3.47. The Morgan fingerprint density at radius 1 is 1.07 bits per heavy atom. The third-order valence-electron chi connectivity index (χ3n) is 2.48. The van der Waals surface area contributed by atoms with Gasteiger partial charge in [-0.25, -0.2) is 8.78 Å². The molecule has 0 bridgehead atoms. The number of rotatable bonds is 1. The monoisotopic (exact) mass is 212 g/mol. The second-order valence-electron chi connectivity index (χ2n) is 5.25. The first-order valence-corrected chi connectivity index (χ1v) is 5.23. The van der Waals surface area contributed by atoms with Gasteiger partial charge in [-0.05, 0) is 28.5 Å². The van der Waals surface area contributed by atoms with Crippen molar-refractivity contribution in [1.82, 2.24) is 0 Å². The van der Waals surface area contributed by atoms with Crippen LogP contribution in [0.3, 0.4) is 0 Å². The van der Waals surface area contributed by atoms with Crippen molar-refractivity contribution in [3.05, 3.63) is 34.9 Å². The fourth-order valence-electron chi connectivity index (χ4n) is 1.79. The number of halogens is 2. The second kappa shape index (κ2) is 3.92. The summed E-state index contributed by atoms with van der Waals surface area (Å²) in [6.45, 7) is 9.74. The second-order valence-corrected chi connectivity index (χ2v) is 5.25. The Kier molecular flexibility index (Phi) is 3.17. The molecule has 0 N–H and O–H groups in total. The van der Waals surface area contributed by atoms with E-state index in [0.717, 1.165) is 11.6 Å². The van der Waals surface area contributed by atoms with Crippen LogP contribution in [-0.2, 0) is 5.41 Å². The van der Waals surface area contributed by atoms with E-state index in [4.69, 9.17) is 0 Å². The first-order valence-electron chi connectivity index (χ1n) is 5.23. The molecule has 1 aromatic rings. The lowest BCUT2D eigenvalue weighted by atomic mass is 9.80. The summed E-state index contributed by atoms with van der Waals surface area (Å²) in [6.07, 6.45) is 0. The average Bonchev–Trinajstić information content (AvgIpc) is 1.99. The summed E-state index contributed by atoms with van der Waals surface area (Å²) in [5, 5.41) is 0. The van der Waals surface area contributed by atoms with Crippen molar-refractivity contribution < 1.29 is 8.78 Å². The SMILES string of the molecule is CC(C)c1c(F)cc(F)cc1C(C)(C)C. The summed E-state index contributed by atoms with van der Waals surface area (Å²) in [6, 6.07) is 2.41. The standard InChI is InChI=1S/C13H18F2/c1-8(2)12-10(13(3,4)5)6-9(14)7-11(12)15/h6-8H,1-5H3. The Hall–Kier alpha value is -0.920. The van der Waals surface area contributed by atoms with Crippen molar-refractivity contribution in [2.45, 2.75) is 46.0 Å². The molecule has 0 nitrogen and oxygen atoms in total. The van der Waals surface area contributed by atoms with E-state index in [1.807, 2.05) is 34.6 Å². The van der Waals surface area contributed by atoms with E-state index in [1.165, 1.54) is 6.07 Å². The Morgan fingerprint density at radius 3 is 2.00 bits per heavy atom. The van der Waals surface area contributed by atoms with Gasteiger partial charge in [-0.15, -0.1) is 0 Å². The van der Waals surface area contributed by atoms with Gasteiger partial charge in [0.1, 0.15) is 11.6 Å². The van der Waals surface area contributed by atoms with Gasteiger partial charge in [-0.1, -0.05) is 34.6 Å². The van der Waals surface area contributed by atoms with Crippen molar-refractivity contribution in [2.24, 2.45) is 0 Å². The third-order valence-corrected chi connectivity index (χ3v) is 2.48. The molecule has 0 spiro atoms. The molecule has 84 valence electrons. The van der Waals surface area contributed by atoms with E-state index < -0.39 is 11.6 Å². The van der Waals surface area contributed by atoms with Crippen molar-refractivity contribution in [3.63, 3.8) is 0 Å². The van der Waals surface area contributed by atoms with Crippen molar-refractivity contribution in [1.29, 1.82) is 0 Å². The van der Waals surface area contributed by atoms with Crippen LogP contribution in [0.5, 0.6) is 0 Å². The van der Waals surface area contributed by atoms with Crippen molar-refractivity contribution in [2.75, 3.05) is 0 Å². The van der Waals surface area contributed by atoms with Gasteiger partial charge in [0.15, 0.2) is 0 Å². The molecule has 2 heteroatoms. The minimum atomic E-state index is -0.498. The van der Waals surface area contributed by atoms with E-state index in [0.29, 0.717) is 5.56 Å². The molecule has 0 saturated heterocycles. The number of hydrogen-bond acceptors (Lipinski definition) is 0. The van der Waals surface area contributed by atoms with Gasteiger partial charge in [-0.3, -0.25) is 0 Å². The molecule has 0 atom stereocenters. The highest BCUT2D eigenvalue weighted by Crippen LogP contribution is 2.32. The zero-order valence-electron chi connectivity index (χ0n) is 9.99. The Labute approximate surface area is 90.3 Å². The van der Waals surface area contributed by atoms with E-state index in [-0.39, 0.29) is 11.3 Å². The summed E-state index contributed by atoms with van der Waals surface area (Å²) < 4.78 is 26.8. The highest BCUT2D eigenvalue weighted by Gasteiger charge is 2.23. The summed E-state index contributed by atoms with van der Waals surface area (Å²) >= 11 is 0. The van der Waals surface area contributed by atoms with Crippen LogP contribution in [0, 0.1) is 11.6 Å². The first kappa shape index (κ1) is 12.2. The quantitative estimate of drug-likeness (QED) is 0.647. The summed E-state index contributed by atoms with van der Waals surface area (Å²) in [4.78, 5) is 0. The van der Waals surface area contributed by atoms with E-state index >= 15 is 0 Å². The summed E-state index contributed by atoms with van der Waals surface area (Å²) in [5.41, 5.74) is 1.15. The molecule has 0 radical (unpaired) electrons. The highest BCUT2D eigenvalue weighted by atomic mass is 19.1. The van der Waals surface area contributed by atoms with Crippen LogP contribution in [0.25, 0.3) is 0 Å². The fourth-order valence-corrected chi connectivity index (χ4v) is 1.79. The van der Waals surface area contributed by atoms with Gasteiger partial charge in [-0.2, -0.15) is 0 Å². The van der Waals surface area contributed by atoms with Crippen LogP contribution < -0.4 is 0 Å². The predicted octanol–water partition coefficient (Wildman–Crippen LogP) is 4.39. The molecule has 15 heavy (non-hydrogen) atoms. The molecule has 0 heterocycles. The first-order chi connectivity index (χ1) is 6.73. The Bertz CT molecular complexity index is 360. The zero-order chi connectivity index (χ0) is 11.8. The molecular formula is C13H18F2. The minimum Gasteiger partial charge on any atom is -0.207 e. The Morgan fingerprint density at radius 2 is 1.60 bits per heavy atom. The van der Waals surface area contributed by atoms with Crippen LogP contribution in [0.15, 0.2) is 12.1 Å². The topological polar surface area (TPSA) is 0 Å². The van der Waals surface area contributed by atoms with Crippen molar-refractivity contribution in [3.8, 4) is 0 Å². The molecule has 1 aromatic carbocycles. The molecule has 0 unspecified atom stereocenters. The lowest BCUT2D eigenvalue weighted by molar-refractivity contribution is 0.521.